The van der Waals surface area contributed by atoms with Crippen LogP contribution in [-0.2, 0) is 15.8 Å². The zero-order chi connectivity index (χ0) is 23.3. The first-order valence-corrected chi connectivity index (χ1v) is 13.0. The highest BCUT2D eigenvalue weighted by Gasteiger charge is 2.22. The Kier molecular flexibility index (Phi) is 7.88. The molecule has 0 atom stereocenters. The van der Waals surface area contributed by atoms with Gasteiger partial charge in [0.25, 0.3) is 0 Å². The Balaban J connectivity index is 1.67. The maximum absolute atomic E-state index is 12.5. The first-order chi connectivity index (χ1) is 15.2. The van der Waals surface area contributed by atoms with Crippen LogP contribution >= 0.6 is 23.1 Å². The number of nitrogens with zero attached hydrogens (tertiary/aromatic N) is 2. The van der Waals surface area contributed by atoms with Crippen molar-refractivity contribution in [2.45, 2.75) is 35.8 Å². The van der Waals surface area contributed by atoms with Crippen molar-refractivity contribution < 1.29 is 22.4 Å². The number of aryl methyl sites for hydroxylation is 1. The van der Waals surface area contributed by atoms with Gasteiger partial charge in [0, 0.05) is 30.2 Å². The van der Waals surface area contributed by atoms with Gasteiger partial charge in [0.1, 0.15) is 12.0 Å². The molecule has 2 aromatic heterocycles. The quantitative estimate of drug-likeness (QED) is 0.325. The van der Waals surface area contributed by atoms with Crippen molar-refractivity contribution in [3.8, 4) is 5.75 Å². The molecule has 0 saturated heterocycles. The molecule has 3 aromatic rings. The zero-order valence-electron chi connectivity index (χ0n) is 17.7. The standard InChI is InChI=1S/C21H22N2O6S3/c1-4-23(5-2)32(26,27)17-8-6-15(7-9-17)20(25)29-19-11-28-16(10-18(19)24)13-31-21-22-14(3)12-30-21/h6-12H,4-5,13H2,1-3H3. The van der Waals surface area contributed by atoms with E-state index in [2.05, 4.69) is 4.98 Å². The molecule has 0 N–H and O–H groups in total. The fourth-order valence-electron chi connectivity index (χ4n) is 2.75. The fraction of sp³-hybridized carbons (Fsp3) is 0.286. The number of hydrogen-bond acceptors (Lipinski definition) is 9. The van der Waals surface area contributed by atoms with Crippen LogP contribution < -0.4 is 10.2 Å². The zero-order valence-corrected chi connectivity index (χ0v) is 20.2. The second kappa shape index (κ2) is 10.4. The van der Waals surface area contributed by atoms with E-state index in [1.54, 1.807) is 13.8 Å². The van der Waals surface area contributed by atoms with Crippen LogP contribution in [0.15, 0.2) is 60.4 Å². The molecule has 0 aliphatic heterocycles. The Bertz CT molecular complexity index is 1250. The lowest BCUT2D eigenvalue weighted by atomic mass is 10.2. The van der Waals surface area contributed by atoms with Gasteiger partial charge in [0.05, 0.1) is 16.2 Å². The lowest BCUT2D eigenvalue weighted by molar-refractivity contribution is 0.0728. The van der Waals surface area contributed by atoms with E-state index in [-0.39, 0.29) is 16.2 Å². The lowest BCUT2D eigenvalue weighted by Gasteiger charge is -2.18. The van der Waals surface area contributed by atoms with Gasteiger partial charge in [-0.25, -0.2) is 18.2 Å². The molecule has 0 spiro atoms. The van der Waals surface area contributed by atoms with Crippen LogP contribution in [0.2, 0.25) is 0 Å². The van der Waals surface area contributed by atoms with Gasteiger partial charge >= 0.3 is 5.97 Å². The van der Waals surface area contributed by atoms with E-state index in [4.69, 9.17) is 9.15 Å². The first kappa shape index (κ1) is 24.2. The number of carbonyl (C=O) groups excluding carboxylic acids is 1. The van der Waals surface area contributed by atoms with Gasteiger partial charge in [-0.05, 0) is 31.2 Å². The SMILES string of the molecule is CCN(CC)S(=O)(=O)c1ccc(C(=O)Oc2coc(CSc3nc(C)cs3)cc2=O)cc1. The number of rotatable bonds is 9. The summed E-state index contributed by atoms with van der Waals surface area (Å²) in [6.45, 7) is 6.10. The van der Waals surface area contributed by atoms with Gasteiger partial charge in [-0.15, -0.1) is 11.3 Å². The highest BCUT2D eigenvalue weighted by atomic mass is 32.2. The Morgan fingerprint density at radius 3 is 2.47 bits per heavy atom. The highest BCUT2D eigenvalue weighted by Crippen LogP contribution is 2.26. The van der Waals surface area contributed by atoms with Crippen LogP contribution in [0, 0.1) is 6.92 Å². The molecular formula is C21H22N2O6S3. The third-order valence-electron chi connectivity index (χ3n) is 4.42. The van der Waals surface area contributed by atoms with Crippen molar-refractivity contribution >= 4 is 39.1 Å². The van der Waals surface area contributed by atoms with Gasteiger partial charge in [-0.3, -0.25) is 4.79 Å². The smallest absolute Gasteiger partial charge is 0.343 e. The summed E-state index contributed by atoms with van der Waals surface area (Å²) in [5.41, 5.74) is 0.554. The third-order valence-corrected chi connectivity index (χ3v) is 8.65. The monoisotopic (exact) mass is 494 g/mol. The summed E-state index contributed by atoms with van der Waals surface area (Å²) in [5, 5.41) is 1.94. The second-order valence-electron chi connectivity index (χ2n) is 6.62. The number of sulfonamides is 1. The van der Waals surface area contributed by atoms with E-state index in [9.17, 15) is 18.0 Å². The van der Waals surface area contributed by atoms with Crippen molar-refractivity contribution in [1.29, 1.82) is 0 Å². The normalized spacial score (nSPS) is 11.6. The second-order valence-corrected chi connectivity index (χ2v) is 10.6. The minimum atomic E-state index is -3.63. The summed E-state index contributed by atoms with van der Waals surface area (Å²) >= 11 is 2.95. The minimum absolute atomic E-state index is 0.0783. The molecule has 1 aromatic carbocycles. The summed E-state index contributed by atoms with van der Waals surface area (Å²) < 4.78 is 37.8. The number of thiazole rings is 1. The Labute approximate surface area is 194 Å². The maximum atomic E-state index is 12.5. The summed E-state index contributed by atoms with van der Waals surface area (Å²) in [4.78, 5) is 29.1. The average Bonchev–Trinajstić information content (AvgIpc) is 3.20. The molecule has 170 valence electrons. The third kappa shape index (κ3) is 5.66. The number of esters is 1. The number of thioether (sulfide) groups is 1. The van der Waals surface area contributed by atoms with Gasteiger partial charge in [0.15, 0.2) is 4.34 Å². The van der Waals surface area contributed by atoms with E-state index in [0.717, 1.165) is 16.3 Å². The van der Waals surface area contributed by atoms with Gasteiger partial charge in [-0.2, -0.15) is 4.31 Å². The molecule has 0 radical (unpaired) electrons. The molecule has 8 nitrogen and oxygen atoms in total. The van der Waals surface area contributed by atoms with Crippen LogP contribution in [0.5, 0.6) is 5.75 Å². The molecule has 0 fully saturated rings. The van der Waals surface area contributed by atoms with Gasteiger partial charge in [-0.1, -0.05) is 25.6 Å². The van der Waals surface area contributed by atoms with Crippen molar-refractivity contribution in [2.75, 3.05) is 13.1 Å². The maximum Gasteiger partial charge on any atom is 0.343 e. The predicted octanol–water partition coefficient (Wildman–Crippen LogP) is 3.95. The molecule has 2 heterocycles. The Hall–Kier alpha value is -2.47. The molecule has 32 heavy (non-hydrogen) atoms. The highest BCUT2D eigenvalue weighted by molar-refractivity contribution is 8.00. The van der Waals surface area contributed by atoms with E-state index in [0.29, 0.717) is 24.6 Å². The number of ether oxygens (including phenoxy) is 1. The number of aromatic nitrogens is 1. The average molecular weight is 495 g/mol. The first-order valence-electron chi connectivity index (χ1n) is 9.73. The summed E-state index contributed by atoms with van der Waals surface area (Å²) in [6, 6.07) is 6.65. The summed E-state index contributed by atoms with van der Waals surface area (Å²) in [7, 11) is -3.63. The van der Waals surface area contributed by atoms with E-state index in [1.165, 1.54) is 57.7 Å². The summed E-state index contributed by atoms with van der Waals surface area (Å²) in [5.74, 6) is -0.185. The number of hydrogen-bond donors (Lipinski definition) is 0. The van der Waals surface area contributed by atoms with E-state index in [1.807, 2.05) is 12.3 Å². The molecule has 3 rings (SSSR count). The molecule has 11 heteroatoms. The van der Waals surface area contributed by atoms with Crippen LogP contribution in [0.25, 0.3) is 0 Å². The molecule has 0 aliphatic carbocycles. The predicted molar refractivity (Wildman–Crippen MR) is 123 cm³/mol. The molecule has 0 unspecified atom stereocenters. The Morgan fingerprint density at radius 1 is 1.22 bits per heavy atom. The molecule has 0 bridgehead atoms. The van der Waals surface area contributed by atoms with Crippen LogP contribution in [-0.4, -0.2) is 36.8 Å². The number of benzene rings is 1. The molecular weight excluding hydrogens is 472 g/mol. The van der Waals surface area contributed by atoms with Crippen molar-refractivity contribution in [3.63, 3.8) is 0 Å². The van der Waals surface area contributed by atoms with Gasteiger partial charge < -0.3 is 9.15 Å². The largest absolute Gasteiger partial charge is 0.464 e. The lowest BCUT2D eigenvalue weighted by Crippen LogP contribution is -2.30. The van der Waals surface area contributed by atoms with E-state index >= 15 is 0 Å². The Morgan fingerprint density at radius 2 is 1.91 bits per heavy atom. The molecule has 0 aliphatic rings. The fourth-order valence-corrected chi connectivity index (χ4v) is 5.95. The number of carbonyl (C=O) groups is 1. The topological polar surface area (TPSA) is 107 Å². The van der Waals surface area contributed by atoms with Crippen molar-refractivity contribution in [3.05, 3.63) is 69.2 Å². The minimum Gasteiger partial charge on any atom is -0.464 e. The molecule has 0 saturated carbocycles. The van der Waals surface area contributed by atoms with Crippen LogP contribution in [0.3, 0.4) is 0 Å². The van der Waals surface area contributed by atoms with Crippen LogP contribution in [0.1, 0.15) is 35.7 Å². The van der Waals surface area contributed by atoms with E-state index < -0.39 is 21.4 Å². The van der Waals surface area contributed by atoms with Crippen molar-refractivity contribution in [1.82, 2.24) is 9.29 Å². The van der Waals surface area contributed by atoms with Gasteiger partial charge in [0.2, 0.25) is 21.2 Å². The van der Waals surface area contributed by atoms with Crippen LogP contribution in [0.4, 0.5) is 0 Å². The van der Waals surface area contributed by atoms with Crippen molar-refractivity contribution in [2.24, 2.45) is 0 Å². The summed E-state index contributed by atoms with van der Waals surface area (Å²) in [6.07, 6.45) is 1.10. The molecule has 0 amide bonds.